The molecule has 0 aliphatic heterocycles. The van der Waals surface area contributed by atoms with Gasteiger partial charge in [-0.2, -0.15) is 13.2 Å². The van der Waals surface area contributed by atoms with Gasteiger partial charge in [0, 0.05) is 19.2 Å². The molecule has 1 unspecified atom stereocenters. The lowest BCUT2D eigenvalue weighted by atomic mass is 10.1. The van der Waals surface area contributed by atoms with Crippen molar-refractivity contribution in [2.24, 2.45) is 0 Å². The minimum atomic E-state index is -5.07. The van der Waals surface area contributed by atoms with E-state index in [1.165, 1.54) is 14.0 Å². The molecule has 0 amide bonds. The van der Waals surface area contributed by atoms with Crippen molar-refractivity contribution in [2.75, 3.05) is 26.1 Å². The monoisotopic (exact) mass is 353 g/mol. The fraction of sp³-hybridized carbons (Fsp3) is 0.500. The van der Waals surface area contributed by atoms with Gasteiger partial charge >= 0.3 is 11.9 Å². The van der Waals surface area contributed by atoms with Crippen LogP contribution < -0.4 is 10.1 Å². The van der Waals surface area contributed by atoms with Crippen molar-refractivity contribution in [1.82, 2.24) is 0 Å². The molecular weight excluding hydrogens is 339 g/mol. The fourth-order valence-corrected chi connectivity index (χ4v) is 2.05. The van der Waals surface area contributed by atoms with Crippen LogP contribution in [0.4, 0.5) is 30.2 Å². The number of hydrogen-bond acceptors (Lipinski definition) is 7. The van der Waals surface area contributed by atoms with E-state index in [1.807, 2.05) is 0 Å². The second kappa shape index (κ2) is 7.29. The van der Waals surface area contributed by atoms with Gasteiger partial charge in [-0.05, 0) is 6.92 Å². The third-order valence-corrected chi connectivity index (χ3v) is 2.93. The van der Waals surface area contributed by atoms with Crippen LogP contribution in [0.5, 0.6) is 5.75 Å². The van der Waals surface area contributed by atoms with Crippen LogP contribution in [0, 0.1) is 20.2 Å². The van der Waals surface area contributed by atoms with Crippen molar-refractivity contribution in [1.29, 1.82) is 0 Å². The summed E-state index contributed by atoms with van der Waals surface area (Å²) in [6.07, 6.45) is -5.07. The van der Waals surface area contributed by atoms with Crippen molar-refractivity contribution < 1.29 is 32.5 Å². The van der Waals surface area contributed by atoms with E-state index < -0.39 is 50.4 Å². The van der Waals surface area contributed by atoms with Gasteiger partial charge in [0.2, 0.25) is 5.75 Å². The summed E-state index contributed by atoms with van der Waals surface area (Å²) in [5.41, 5.74) is -4.53. The van der Waals surface area contributed by atoms with Crippen molar-refractivity contribution in [3.8, 4) is 5.75 Å². The molecule has 0 spiro atoms. The van der Waals surface area contributed by atoms with E-state index in [4.69, 9.17) is 4.74 Å². The maximum Gasteiger partial charge on any atom is 0.420 e. The van der Waals surface area contributed by atoms with Crippen molar-refractivity contribution in [3.63, 3.8) is 0 Å². The number of anilines is 1. The predicted octanol–water partition coefficient (Wildman–Crippen LogP) is 2.98. The molecule has 0 aliphatic rings. The summed E-state index contributed by atoms with van der Waals surface area (Å²) in [7, 11) is 2.14. The topological polar surface area (TPSA) is 117 Å². The fourth-order valence-electron chi connectivity index (χ4n) is 2.05. The van der Waals surface area contributed by atoms with E-state index in [0.29, 0.717) is 0 Å². The predicted molar refractivity (Wildman–Crippen MR) is 76.3 cm³/mol. The highest BCUT2D eigenvalue weighted by Crippen LogP contribution is 2.49. The minimum absolute atomic E-state index is 0.0116. The molecule has 134 valence electrons. The molecule has 12 heteroatoms. The number of nitrogens with zero attached hydrogens (tertiary/aromatic N) is 2. The van der Waals surface area contributed by atoms with Crippen LogP contribution >= 0.6 is 0 Å². The molecule has 0 aromatic heterocycles. The van der Waals surface area contributed by atoms with Crippen molar-refractivity contribution >= 4 is 17.1 Å². The highest BCUT2D eigenvalue weighted by molar-refractivity contribution is 5.81. The summed E-state index contributed by atoms with van der Waals surface area (Å²) in [5.74, 6) is -1.11. The molecule has 1 rings (SSSR count). The molecule has 1 aromatic carbocycles. The summed E-state index contributed by atoms with van der Waals surface area (Å²) < 4.78 is 48.5. The first kappa shape index (κ1) is 19.4. The molecular formula is C12H14F3N3O6. The quantitative estimate of drug-likeness (QED) is 0.591. The molecule has 0 saturated carbocycles. The van der Waals surface area contributed by atoms with Crippen LogP contribution in [0.15, 0.2) is 6.07 Å². The van der Waals surface area contributed by atoms with Crippen molar-refractivity contribution in [3.05, 3.63) is 31.9 Å². The Labute approximate surface area is 133 Å². The number of alkyl halides is 3. The Morgan fingerprint density at radius 2 is 1.83 bits per heavy atom. The maximum atomic E-state index is 13.1. The minimum Gasteiger partial charge on any atom is -0.490 e. The van der Waals surface area contributed by atoms with E-state index in [1.54, 1.807) is 0 Å². The van der Waals surface area contributed by atoms with E-state index in [0.717, 1.165) is 7.11 Å². The first-order valence-corrected chi connectivity index (χ1v) is 6.41. The number of nitro groups is 2. The largest absolute Gasteiger partial charge is 0.490 e. The molecule has 0 aliphatic carbocycles. The third-order valence-electron chi connectivity index (χ3n) is 2.93. The Morgan fingerprint density at radius 1 is 1.25 bits per heavy atom. The molecule has 1 aromatic rings. The SMILES string of the molecule is COCC(C)Nc1c([N+](=O)[O-])cc(C(F)(F)F)c(OC)c1[N+](=O)[O-]. The Morgan fingerprint density at radius 3 is 2.21 bits per heavy atom. The zero-order valence-electron chi connectivity index (χ0n) is 12.8. The average Bonchev–Trinajstić information content (AvgIpc) is 2.44. The van der Waals surface area contributed by atoms with Crippen molar-refractivity contribution in [2.45, 2.75) is 19.1 Å². The van der Waals surface area contributed by atoms with Gasteiger partial charge in [-0.25, -0.2) is 0 Å². The molecule has 0 fully saturated rings. The lowest BCUT2D eigenvalue weighted by Crippen LogP contribution is -2.23. The van der Waals surface area contributed by atoms with Gasteiger partial charge in [-0.1, -0.05) is 0 Å². The molecule has 0 radical (unpaired) electrons. The Hall–Kier alpha value is -2.63. The maximum absolute atomic E-state index is 13.1. The zero-order chi connectivity index (χ0) is 18.7. The smallest absolute Gasteiger partial charge is 0.420 e. The standard InChI is InChI=1S/C12H14F3N3O6/c1-6(5-23-2)16-9-8(17(19)20)4-7(12(13,14)15)11(24-3)10(9)18(21)22/h4,6,16H,5H2,1-3H3. The van der Waals surface area contributed by atoms with Crippen LogP contribution in [-0.2, 0) is 10.9 Å². The van der Waals surface area contributed by atoms with Gasteiger partial charge in [0.25, 0.3) is 5.69 Å². The molecule has 1 atom stereocenters. The van der Waals surface area contributed by atoms with Crippen LogP contribution in [-0.4, -0.2) is 36.7 Å². The highest BCUT2D eigenvalue weighted by Gasteiger charge is 2.43. The highest BCUT2D eigenvalue weighted by atomic mass is 19.4. The zero-order valence-corrected chi connectivity index (χ0v) is 12.8. The molecule has 0 heterocycles. The Balaban J connectivity index is 3.77. The summed E-state index contributed by atoms with van der Waals surface area (Å²) >= 11 is 0. The number of methoxy groups -OCH3 is 2. The van der Waals surface area contributed by atoms with Crippen LogP contribution in [0.3, 0.4) is 0 Å². The average molecular weight is 353 g/mol. The molecule has 24 heavy (non-hydrogen) atoms. The van der Waals surface area contributed by atoms with Gasteiger partial charge in [0.05, 0.1) is 23.6 Å². The summed E-state index contributed by atoms with van der Waals surface area (Å²) in [6, 6.07) is -0.443. The molecule has 0 bridgehead atoms. The van der Waals surface area contributed by atoms with E-state index in [2.05, 4.69) is 10.1 Å². The van der Waals surface area contributed by atoms with Gasteiger partial charge in [-0.15, -0.1) is 0 Å². The lowest BCUT2D eigenvalue weighted by molar-refractivity contribution is -0.393. The number of ether oxygens (including phenoxy) is 2. The number of nitro benzene ring substituents is 2. The Bertz CT molecular complexity index is 650. The second-order valence-electron chi connectivity index (χ2n) is 4.71. The number of benzene rings is 1. The van der Waals surface area contributed by atoms with E-state index in [-0.39, 0.29) is 12.7 Å². The first-order chi connectivity index (χ1) is 11.0. The van der Waals surface area contributed by atoms with Gasteiger partial charge in [-0.3, -0.25) is 20.2 Å². The van der Waals surface area contributed by atoms with Gasteiger partial charge in [0.15, 0.2) is 5.69 Å². The normalized spacial score (nSPS) is 12.6. The number of rotatable bonds is 7. The summed E-state index contributed by atoms with van der Waals surface area (Å²) in [6.45, 7) is 1.50. The summed E-state index contributed by atoms with van der Waals surface area (Å²) in [5, 5.41) is 24.8. The summed E-state index contributed by atoms with van der Waals surface area (Å²) in [4.78, 5) is 20.1. The number of halogens is 3. The van der Waals surface area contributed by atoms with Crippen LogP contribution in [0.2, 0.25) is 0 Å². The first-order valence-electron chi connectivity index (χ1n) is 6.41. The molecule has 1 N–H and O–H groups in total. The molecule has 0 saturated heterocycles. The number of hydrogen-bond donors (Lipinski definition) is 1. The van der Waals surface area contributed by atoms with E-state index in [9.17, 15) is 33.4 Å². The Kier molecular flexibility index (Phi) is 5.90. The van der Waals surface area contributed by atoms with Crippen LogP contribution in [0.25, 0.3) is 0 Å². The number of nitrogens with one attached hydrogen (secondary N) is 1. The molecule has 9 nitrogen and oxygen atoms in total. The lowest BCUT2D eigenvalue weighted by Gasteiger charge is -2.18. The second-order valence-corrected chi connectivity index (χ2v) is 4.71. The van der Waals surface area contributed by atoms with Crippen LogP contribution in [0.1, 0.15) is 12.5 Å². The third kappa shape index (κ3) is 4.01. The van der Waals surface area contributed by atoms with E-state index >= 15 is 0 Å². The van der Waals surface area contributed by atoms with Gasteiger partial charge < -0.3 is 14.8 Å². The van der Waals surface area contributed by atoms with Gasteiger partial charge in [0.1, 0.15) is 5.56 Å².